The quantitative estimate of drug-likeness (QED) is 0.454. The second-order valence-corrected chi connectivity index (χ2v) is 7.08. The van der Waals surface area contributed by atoms with Crippen molar-refractivity contribution in [1.82, 2.24) is 0 Å². The topological polar surface area (TPSA) is 83.8 Å². The normalized spacial score (nSPS) is 28.6. The molecule has 2 rings (SSSR count). The van der Waals surface area contributed by atoms with Gasteiger partial charge in [-0.15, -0.1) is 0 Å². The van der Waals surface area contributed by atoms with Crippen LogP contribution in [0.4, 0.5) is 0 Å². The van der Waals surface area contributed by atoms with Gasteiger partial charge in [0.25, 0.3) is 0 Å². The number of carbonyl (C=O) groups excluding carboxylic acids is 2. The Labute approximate surface area is 148 Å². The van der Waals surface area contributed by atoms with Crippen LogP contribution in [0.2, 0.25) is 0 Å². The lowest BCUT2D eigenvalue weighted by atomic mass is 9.93. The van der Waals surface area contributed by atoms with E-state index in [1.165, 1.54) is 12.2 Å². The number of allylic oxidation sites excluding steroid dienone is 2. The van der Waals surface area contributed by atoms with Crippen LogP contribution < -0.4 is 0 Å². The molecule has 1 aliphatic carbocycles. The number of carbonyl (C=O) groups is 2. The van der Waals surface area contributed by atoms with Crippen LogP contribution in [0.1, 0.15) is 47.0 Å². The van der Waals surface area contributed by atoms with Crippen LogP contribution in [0.25, 0.3) is 0 Å². The molecule has 5 nitrogen and oxygen atoms in total. The van der Waals surface area contributed by atoms with E-state index in [1.807, 2.05) is 19.1 Å². The van der Waals surface area contributed by atoms with Gasteiger partial charge in [0.1, 0.15) is 12.2 Å². The molecular weight excluding hydrogens is 320 g/mol. The maximum absolute atomic E-state index is 12.0. The number of Topliss-reactive ketones (excluding diaryl/α,β-unsaturated/α-hetero) is 1. The Morgan fingerprint density at radius 3 is 2.60 bits per heavy atom. The number of ether oxygens (including phenoxy) is 1. The van der Waals surface area contributed by atoms with Crippen molar-refractivity contribution in [2.75, 3.05) is 0 Å². The third kappa shape index (κ3) is 4.77. The summed E-state index contributed by atoms with van der Waals surface area (Å²) >= 11 is 0. The number of cyclic esters (lactones) is 1. The van der Waals surface area contributed by atoms with Gasteiger partial charge in [-0.2, -0.15) is 0 Å². The number of rotatable bonds is 5. The zero-order valence-corrected chi connectivity index (χ0v) is 15.2. The summed E-state index contributed by atoms with van der Waals surface area (Å²) < 4.78 is 5.36. The third-order valence-electron chi connectivity index (χ3n) is 4.65. The van der Waals surface area contributed by atoms with E-state index in [-0.39, 0.29) is 23.4 Å². The number of aliphatic hydroxyl groups excluding tert-OH is 1. The second-order valence-electron chi connectivity index (χ2n) is 7.08. The van der Waals surface area contributed by atoms with E-state index in [4.69, 9.17) is 4.74 Å². The van der Waals surface area contributed by atoms with Gasteiger partial charge in [-0.3, -0.25) is 4.79 Å². The van der Waals surface area contributed by atoms with Crippen molar-refractivity contribution in [3.05, 3.63) is 46.6 Å². The maximum Gasteiger partial charge on any atom is 0.333 e. The Morgan fingerprint density at radius 2 is 2.04 bits per heavy atom. The van der Waals surface area contributed by atoms with Crippen LogP contribution in [-0.4, -0.2) is 39.8 Å². The van der Waals surface area contributed by atoms with Crippen molar-refractivity contribution < 1.29 is 24.5 Å². The molecule has 5 heteroatoms. The summed E-state index contributed by atoms with van der Waals surface area (Å²) in [6.07, 6.45) is 7.15. The van der Waals surface area contributed by atoms with Gasteiger partial charge in [-0.25, -0.2) is 4.79 Å². The van der Waals surface area contributed by atoms with Crippen molar-refractivity contribution in [2.45, 2.75) is 64.8 Å². The van der Waals surface area contributed by atoms with E-state index < -0.39 is 11.7 Å². The first-order chi connectivity index (χ1) is 11.6. The average Bonchev–Trinajstić information content (AvgIpc) is 2.76. The van der Waals surface area contributed by atoms with Gasteiger partial charge in [0.2, 0.25) is 0 Å². The molecule has 2 N–H and O–H groups in total. The fourth-order valence-electron chi connectivity index (χ4n) is 2.96. The van der Waals surface area contributed by atoms with Gasteiger partial charge >= 0.3 is 5.97 Å². The van der Waals surface area contributed by atoms with Gasteiger partial charge in [-0.05, 0) is 63.8 Å². The monoisotopic (exact) mass is 346 g/mol. The molecule has 0 aromatic rings. The zero-order valence-electron chi connectivity index (χ0n) is 15.2. The summed E-state index contributed by atoms with van der Waals surface area (Å²) in [6.45, 7) is 6.90. The predicted octanol–water partition coefficient (Wildman–Crippen LogP) is 2.54. The molecule has 0 fully saturated rings. The molecule has 0 saturated heterocycles. The van der Waals surface area contributed by atoms with Crippen LogP contribution in [0, 0.1) is 0 Å². The largest absolute Gasteiger partial charge is 0.454 e. The van der Waals surface area contributed by atoms with E-state index in [0.29, 0.717) is 30.4 Å². The number of ketones is 1. The molecular formula is C20H26O5. The highest BCUT2D eigenvalue weighted by Gasteiger charge is 2.29. The van der Waals surface area contributed by atoms with Crippen LogP contribution in [-0.2, 0) is 14.3 Å². The molecule has 0 aromatic heterocycles. The summed E-state index contributed by atoms with van der Waals surface area (Å²) in [5.74, 6) is -0.520. The molecule has 2 aliphatic rings. The van der Waals surface area contributed by atoms with Crippen molar-refractivity contribution in [3.8, 4) is 0 Å². The van der Waals surface area contributed by atoms with E-state index in [2.05, 4.69) is 0 Å². The Bertz CT molecular complexity index is 691. The van der Waals surface area contributed by atoms with E-state index in [0.717, 1.165) is 5.57 Å². The SMILES string of the molecule is CC1=CCC(/C(C)=C/CCC(C)(O)/C=C2/C(=O)C(C)=CC2O)OC1=O. The number of hydrogen-bond donors (Lipinski definition) is 2. The molecule has 1 heterocycles. The Morgan fingerprint density at radius 1 is 1.36 bits per heavy atom. The Kier molecular flexibility index (Phi) is 5.80. The molecule has 0 aromatic carbocycles. The standard InChI is InChI=1S/C20H26O5/c1-12(17-8-7-13(2)19(23)25-17)6-5-9-20(4,24)11-15-16(21)10-14(3)18(15)22/h6-7,10-11,16-17,21,24H,5,8-9H2,1-4H3/b12-6+,15-11+. The lowest BCUT2D eigenvalue weighted by molar-refractivity contribution is -0.143. The first-order valence-electron chi connectivity index (χ1n) is 8.51. The van der Waals surface area contributed by atoms with Gasteiger partial charge < -0.3 is 14.9 Å². The minimum Gasteiger partial charge on any atom is -0.454 e. The molecule has 1 aliphatic heterocycles. The number of esters is 1. The molecule has 0 spiro atoms. The van der Waals surface area contributed by atoms with Crippen molar-refractivity contribution in [1.29, 1.82) is 0 Å². The van der Waals surface area contributed by atoms with Crippen molar-refractivity contribution >= 4 is 11.8 Å². The number of hydrogen-bond acceptors (Lipinski definition) is 5. The van der Waals surface area contributed by atoms with Gasteiger partial charge in [0, 0.05) is 17.6 Å². The van der Waals surface area contributed by atoms with Gasteiger partial charge in [0.15, 0.2) is 5.78 Å². The summed E-state index contributed by atoms with van der Waals surface area (Å²) in [4.78, 5) is 23.6. The first kappa shape index (κ1) is 19.3. The smallest absolute Gasteiger partial charge is 0.333 e. The van der Waals surface area contributed by atoms with Crippen molar-refractivity contribution in [3.63, 3.8) is 0 Å². The van der Waals surface area contributed by atoms with Crippen LogP contribution in [0.15, 0.2) is 46.6 Å². The van der Waals surface area contributed by atoms with Gasteiger partial charge in [0.05, 0.1) is 5.60 Å². The molecule has 0 amide bonds. The van der Waals surface area contributed by atoms with E-state index >= 15 is 0 Å². The summed E-state index contributed by atoms with van der Waals surface area (Å²) in [5, 5.41) is 20.4. The Hall–Kier alpha value is -1.98. The molecule has 3 atom stereocenters. The Balaban J connectivity index is 1.96. The molecule has 0 saturated carbocycles. The molecule has 25 heavy (non-hydrogen) atoms. The second kappa shape index (κ2) is 7.50. The van der Waals surface area contributed by atoms with Crippen LogP contribution in [0.3, 0.4) is 0 Å². The van der Waals surface area contributed by atoms with Gasteiger partial charge in [-0.1, -0.05) is 12.2 Å². The molecule has 0 bridgehead atoms. The lowest BCUT2D eigenvalue weighted by Gasteiger charge is -2.23. The third-order valence-corrected chi connectivity index (χ3v) is 4.65. The fourth-order valence-corrected chi connectivity index (χ4v) is 2.96. The fraction of sp³-hybridized carbons (Fsp3) is 0.500. The molecule has 0 radical (unpaired) electrons. The predicted molar refractivity (Wildman–Crippen MR) is 94.7 cm³/mol. The highest BCUT2D eigenvalue weighted by molar-refractivity contribution is 6.11. The minimum absolute atomic E-state index is 0.226. The summed E-state index contributed by atoms with van der Waals surface area (Å²) in [5.41, 5.74) is 1.08. The highest BCUT2D eigenvalue weighted by atomic mass is 16.5. The zero-order chi connectivity index (χ0) is 18.8. The summed E-state index contributed by atoms with van der Waals surface area (Å²) in [6, 6.07) is 0. The highest BCUT2D eigenvalue weighted by Crippen LogP contribution is 2.26. The number of aliphatic hydroxyl groups is 2. The maximum atomic E-state index is 12.0. The van der Waals surface area contributed by atoms with Crippen molar-refractivity contribution in [2.24, 2.45) is 0 Å². The minimum atomic E-state index is -1.21. The van der Waals surface area contributed by atoms with Crippen LogP contribution in [0.5, 0.6) is 0 Å². The van der Waals surface area contributed by atoms with E-state index in [1.54, 1.807) is 20.8 Å². The van der Waals surface area contributed by atoms with Crippen LogP contribution >= 0.6 is 0 Å². The lowest BCUT2D eigenvalue weighted by Crippen LogP contribution is -2.25. The first-order valence-corrected chi connectivity index (χ1v) is 8.51. The molecule has 3 unspecified atom stereocenters. The molecule has 136 valence electrons. The van der Waals surface area contributed by atoms with E-state index in [9.17, 15) is 19.8 Å². The average molecular weight is 346 g/mol. The summed E-state index contributed by atoms with van der Waals surface area (Å²) in [7, 11) is 0.